The van der Waals surface area contributed by atoms with E-state index in [9.17, 15) is 0 Å². The zero-order chi connectivity index (χ0) is 14.4. The van der Waals surface area contributed by atoms with Gasteiger partial charge in [0.15, 0.2) is 0 Å². The molecular formula is C17H23N3. The molecule has 1 aromatic carbocycles. The molecule has 3 heteroatoms. The lowest BCUT2D eigenvalue weighted by molar-refractivity contribution is 0.671. The molecule has 0 bridgehead atoms. The van der Waals surface area contributed by atoms with Gasteiger partial charge in [0.1, 0.15) is 5.82 Å². The highest BCUT2D eigenvalue weighted by Crippen LogP contribution is 2.18. The van der Waals surface area contributed by atoms with E-state index >= 15 is 0 Å². The summed E-state index contributed by atoms with van der Waals surface area (Å²) in [6.45, 7) is 6.14. The Morgan fingerprint density at radius 1 is 1.05 bits per heavy atom. The summed E-state index contributed by atoms with van der Waals surface area (Å²) in [5, 5.41) is 3.14. The fourth-order valence-electron chi connectivity index (χ4n) is 2.20. The SMILES string of the molecule is CNCc1ccc(N(Cc2ccccc2)C(C)C)nc1. The van der Waals surface area contributed by atoms with Crippen molar-refractivity contribution in [3.05, 3.63) is 59.8 Å². The smallest absolute Gasteiger partial charge is 0.129 e. The summed E-state index contributed by atoms with van der Waals surface area (Å²) < 4.78 is 0. The minimum atomic E-state index is 0.415. The Labute approximate surface area is 121 Å². The highest BCUT2D eigenvalue weighted by molar-refractivity contribution is 5.41. The number of nitrogens with one attached hydrogen (secondary N) is 1. The van der Waals surface area contributed by atoms with E-state index in [-0.39, 0.29) is 0 Å². The average Bonchev–Trinajstić information content (AvgIpc) is 2.47. The number of hydrogen-bond donors (Lipinski definition) is 1. The first kappa shape index (κ1) is 14.5. The van der Waals surface area contributed by atoms with Crippen LogP contribution in [0.15, 0.2) is 48.7 Å². The van der Waals surface area contributed by atoms with Crippen LogP contribution in [0.4, 0.5) is 5.82 Å². The monoisotopic (exact) mass is 269 g/mol. The normalized spacial score (nSPS) is 10.8. The molecule has 0 aliphatic rings. The van der Waals surface area contributed by atoms with Gasteiger partial charge in [-0.25, -0.2) is 4.98 Å². The second kappa shape index (κ2) is 7.06. The molecule has 0 spiro atoms. The predicted octanol–water partition coefficient (Wildman–Crippen LogP) is 3.22. The fraction of sp³-hybridized carbons (Fsp3) is 0.353. The van der Waals surface area contributed by atoms with Gasteiger partial charge in [0.2, 0.25) is 0 Å². The zero-order valence-corrected chi connectivity index (χ0v) is 12.5. The maximum atomic E-state index is 4.60. The maximum absolute atomic E-state index is 4.60. The molecule has 1 N–H and O–H groups in total. The molecule has 0 amide bonds. The third-order valence-electron chi connectivity index (χ3n) is 3.30. The van der Waals surface area contributed by atoms with E-state index in [4.69, 9.17) is 0 Å². The van der Waals surface area contributed by atoms with E-state index in [1.165, 1.54) is 11.1 Å². The van der Waals surface area contributed by atoms with Gasteiger partial charge in [0.05, 0.1) is 0 Å². The van der Waals surface area contributed by atoms with Crippen molar-refractivity contribution in [1.29, 1.82) is 0 Å². The third kappa shape index (κ3) is 3.81. The van der Waals surface area contributed by atoms with E-state index < -0.39 is 0 Å². The first-order chi connectivity index (χ1) is 9.70. The van der Waals surface area contributed by atoms with Crippen LogP contribution in [0.1, 0.15) is 25.0 Å². The van der Waals surface area contributed by atoms with Gasteiger partial charge in [0, 0.05) is 25.3 Å². The van der Waals surface area contributed by atoms with E-state index in [2.05, 4.69) is 65.4 Å². The second-order valence-corrected chi connectivity index (χ2v) is 5.26. The maximum Gasteiger partial charge on any atom is 0.129 e. The van der Waals surface area contributed by atoms with Crippen LogP contribution in [0.2, 0.25) is 0 Å². The molecule has 0 radical (unpaired) electrons. The Hall–Kier alpha value is -1.87. The van der Waals surface area contributed by atoms with Crippen molar-refractivity contribution in [3.8, 4) is 0 Å². The topological polar surface area (TPSA) is 28.2 Å². The number of anilines is 1. The molecule has 1 heterocycles. The summed E-state index contributed by atoms with van der Waals surface area (Å²) in [5.41, 5.74) is 2.52. The molecule has 3 nitrogen and oxygen atoms in total. The summed E-state index contributed by atoms with van der Waals surface area (Å²) >= 11 is 0. The van der Waals surface area contributed by atoms with Crippen molar-refractivity contribution in [2.24, 2.45) is 0 Å². The van der Waals surface area contributed by atoms with Gasteiger partial charge >= 0.3 is 0 Å². The molecule has 0 saturated carbocycles. The van der Waals surface area contributed by atoms with Crippen molar-refractivity contribution >= 4 is 5.82 Å². The van der Waals surface area contributed by atoms with Crippen LogP contribution in [0, 0.1) is 0 Å². The average molecular weight is 269 g/mol. The molecule has 0 saturated heterocycles. The number of nitrogens with zero attached hydrogens (tertiary/aromatic N) is 2. The first-order valence-electron chi connectivity index (χ1n) is 7.11. The number of benzene rings is 1. The van der Waals surface area contributed by atoms with Gasteiger partial charge < -0.3 is 10.2 Å². The van der Waals surface area contributed by atoms with Crippen LogP contribution >= 0.6 is 0 Å². The Bertz CT molecular complexity index is 506. The summed E-state index contributed by atoms with van der Waals surface area (Å²) in [7, 11) is 1.95. The lowest BCUT2D eigenvalue weighted by Crippen LogP contribution is -2.30. The number of pyridine rings is 1. The number of aromatic nitrogens is 1. The Kier molecular flexibility index (Phi) is 5.13. The van der Waals surface area contributed by atoms with Crippen LogP contribution in [-0.2, 0) is 13.1 Å². The van der Waals surface area contributed by atoms with Gasteiger partial charge in [-0.3, -0.25) is 0 Å². The first-order valence-corrected chi connectivity index (χ1v) is 7.11. The predicted molar refractivity (Wildman–Crippen MR) is 84.8 cm³/mol. The summed E-state index contributed by atoms with van der Waals surface area (Å²) in [5.74, 6) is 1.03. The lowest BCUT2D eigenvalue weighted by atomic mass is 10.2. The van der Waals surface area contributed by atoms with Gasteiger partial charge in [-0.05, 0) is 38.1 Å². The van der Waals surface area contributed by atoms with Crippen molar-refractivity contribution in [2.45, 2.75) is 33.0 Å². The summed E-state index contributed by atoms with van der Waals surface area (Å²) in [6, 6.07) is 15.2. The molecule has 2 aromatic rings. The highest BCUT2D eigenvalue weighted by Gasteiger charge is 2.12. The van der Waals surface area contributed by atoms with Gasteiger partial charge in [-0.15, -0.1) is 0 Å². The van der Waals surface area contributed by atoms with E-state index in [1.807, 2.05) is 19.3 Å². The third-order valence-corrected chi connectivity index (χ3v) is 3.30. The van der Waals surface area contributed by atoms with E-state index in [1.54, 1.807) is 0 Å². The molecule has 0 aliphatic carbocycles. The minimum absolute atomic E-state index is 0.415. The Balaban J connectivity index is 2.16. The Morgan fingerprint density at radius 3 is 2.35 bits per heavy atom. The largest absolute Gasteiger partial charge is 0.350 e. The second-order valence-electron chi connectivity index (χ2n) is 5.26. The lowest BCUT2D eigenvalue weighted by Gasteiger charge is -2.28. The summed E-state index contributed by atoms with van der Waals surface area (Å²) in [6.07, 6.45) is 1.95. The van der Waals surface area contributed by atoms with Crippen LogP contribution in [-0.4, -0.2) is 18.1 Å². The quantitative estimate of drug-likeness (QED) is 0.872. The molecule has 1 aromatic heterocycles. The van der Waals surface area contributed by atoms with Crippen LogP contribution in [0.5, 0.6) is 0 Å². The molecular weight excluding hydrogens is 246 g/mol. The van der Waals surface area contributed by atoms with Gasteiger partial charge in [-0.2, -0.15) is 0 Å². The molecule has 2 rings (SSSR count). The highest BCUT2D eigenvalue weighted by atomic mass is 15.2. The minimum Gasteiger partial charge on any atom is -0.350 e. The van der Waals surface area contributed by atoms with Crippen molar-refractivity contribution in [2.75, 3.05) is 11.9 Å². The van der Waals surface area contributed by atoms with Crippen molar-refractivity contribution in [3.63, 3.8) is 0 Å². The Morgan fingerprint density at radius 2 is 1.80 bits per heavy atom. The molecule has 0 atom stereocenters. The standard InChI is InChI=1S/C17H23N3/c1-14(2)20(13-15-7-5-4-6-8-15)17-10-9-16(11-18-3)12-19-17/h4-10,12,14,18H,11,13H2,1-3H3. The molecule has 0 fully saturated rings. The molecule has 20 heavy (non-hydrogen) atoms. The molecule has 0 unspecified atom stereocenters. The van der Waals surface area contributed by atoms with Crippen LogP contribution in [0.3, 0.4) is 0 Å². The van der Waals surface area contributed by atoms with E-state index in [0.717, 1.165) is 18.9 Å². The number of rotatable bonds is 6. The fourth-order valence-corrected chi connectivity index (χ4v) is 2.20. The van der Waals surface area contributed by atoms with E-state index in [0.29, 0.717) is 6.04 Å². The zero-order valence-electron chi connectivity index (χ0n) is 12.5. The number of hydrogen-bond acceptors (Lipinski definition) is 3. The molecule has 106 valence electrons. The van der Waals surface area contributed by atoms with Gasteiger partial charge in [0.25, 0.3) is 0 Å². The summed E-state index contributed by atoms with van der Waals surface area (Å²) in [4.78, 5) is 6.92. The molecule has 0 aliphatic heterocycles. The van der Waals surface area contributed by atoms with Crippen molar-refractivity contribution < 1.29 is 0 Å². The van der Waals surface area contributed by atoms with Crippen molar-refractivity contribution in [1.82, 2.24) is 10.3 Å². The van der Waals surface area contributed by atoms with Gasteiger partial charge in [-0.1, -0.05) is 36.4 Å². The van der Waals surface area contributed by atoms with Crippen LogP contribution < -0.4 is 10.2 Å². The van der Waals surface area contributed by atoms with Crippen LogP contribution in [0.25, 0.3) is 0 Å².